The van der Waals surface area contributed by atoms with Gasteiger partial charge in [0.15, 0.2) is 0 Å². The maximum absolute atomic E-state index is 6.02. The zero-order valence-corrected chi connectivity index (χ0v) is 10.4. The summed E-state index contributed by atoms with van der Waals surface area (Å²) in [4.78, 5) is 0. The summed E-state index contributed by atoms with van der Waals surface area (Å²) in [6.07, 6.45) is 6.76. The first-order valence-corrected chi connectivity index (χ1v) is 6.39. The van der Waals surface area contributed by atoms with Crippen molar-refractivity contribution in [3.63, 3.8) is 0 Å². The summed E-state index contributed by atoms with van der Waals surface area (Å²) in [6, 6.07) is 6.12. The third-order valence-electron chi connectivity index (χ3n) is 3.00. The van der Waals surface area contributed by atoms with E-state index in [0.717, 1.165) is 10.9 Å². The number of rotatable bonds is 1. The summed E-state index contributed by atoms with van der Waals surface area (Å²) >= 11 is 9.62. The van der Waals surface area contributed by atoms with Crippen molar-refractivity contribution in [2.75, 3.05) is 0 Å². The molecule has 1 aliphatic rings. The van der Waals surface area contributed by atoms with Crippen molar-refractivity contribution in [3.05, 3.63) is 33.3 Å². The highest BCUT2D eigenvalue weighted by Gasteiger charge is 2.17. The van der Waals surface area contributed by atoms with Crippen molar-refractivity contribution in [3.8, 4) is 0 Å². The van der Waals surface area contributed by atoms with Gasteiger partial charge in [-0.2, -0.15) is 0 Å². The first kappa shape index (κ1) is 10.5. The van der Waals surface area contributed by atoms with Crippen LogP contribution in [0, 0.1) is 0 Å². The predicted octanol–water partition coefficient (Wildman–Crippen LogP) is 5.15. The molecule has 0 heterocycles. The Labute approximate surface area is 98.8 Å². The van der Waals surface area contributed by atoms with E-state index in [0.29, 0.717) is 0 Å². The molecule has 14 heavy (non-hydrogen) atoms. The molecule has 0 aliphatic heterocycles. The second-order valence-electron chi connectivity index (χ2n) is 4.00. The number of hydrogen-bond donors (Lipinski definition) is 0. The van der Waals surface area contributed by atoms with E-state index in [1.807, 2.05) is 6.07 Å². The van der Waals surface area contributed by atoms with Crippen LogP contribution in [-0.4, -0.2) is 0 Å². The molecule has 0 unspecified atom stereocenters. The van der Waals surface area contributed by atoms with E-state index in [1.165, 1.54) is 42.1 Å². The minimum atomic E-state index is 0.719. The quantitative estimate of drug-likeness (QED) is 0.664. The van der Waals surface area contributed by atoms with Crippen LogP contribution in [0.25, 0.3) is 0 Å². The van der Waals surface area contributed by atoms with E-state index in [1.54, 1.807) is 0 Å². The van der Waals surface area contributed by atoms with Gasteiger partial charge in [0.2, 0.25) is 0 Å². The van der Waals surface area contributed by atoms with Crippen molar-refractivity contribution < 1.29 is 0 Å². The van der Waals surface area contributed by atoms with Crippen LogP contribution in [-0.2, 0) is 0 Å². The van der Waals surface area contributed by atoms with E-state index >= 15 is 0 Å². The first-order valence-electron chi connectivity index (χ1n) is 5.22. The smallest absolute Gasteiger partial charge is 0.0409 e. The second-order valence-corrected chi connectivity index (χ2v) is 5.29. The summed E-state index contributed by atoms with van der Waals surface area (Å²) in [6.45, 7) is 0. The summed E-state index contributed by atoms with van der Waals surface area (Å²) < 4.78 is 1.22. The second kappa shape index (κ2) is 4.67. The Bertz CT molecular complexity index is 316. The summed E-state index contributed by atoms with van der Waals surface area (Å²) in [5, 5.41) is 0.855. The molecule has 0 radical (unpaired) electrons. The van der Waals surface area contributed by atoms with Crippen LogP contribution in [0.3, 0.4) is 0 Å². The molecule has 0 atom stereocenters. The molecule has 0 N–H and O–H groups in total. The zero-order chi connectivity index (χ0) is 9.97. The molecule has 1 aliphatic carbocycles. The van der Waals surface area contributed by atoms with Gasteiger partial charge < -0.3 is 0 Å². The Hall–Kier alpha value is -0.0100. The van der Waals surface area contributed by atoms with Gasteiger partial charge in [0, 0.05) is 9.50 Å². The van der Waals surface area contributed by atoms with Crippen LogP contribution >= 0.6 is 27.5 Å². The van der Waals surface area contributed by atoms with Crippen LogP contribution in [0.5, 0.6) is 0 Å². The SMILES string of the molecule is Clc1ccc(Br)c(C2CCCCC2)c1. The van der Waals surface area contributed by atoms with Crippen LogP contribution in [0.4, 0.5) is 0 Å². The average Bonchev–Trinajstić information content (AvgIpc) is 2.23. The molecule has 1 aromatic carbocycles. The van der Waals surface area contributed by atoms with Gasteiger partial charge in [-0.25, -0.2) is 0 Å². The summed E-state index contributed by atoms with van der Waals surface area (Å²) in [5.41, 5.74) is 1.40. The van der Waals surface area contributed by atoms with Gasteiger partial charge in [-0.3, -0.25) is 0 Å². The standard InChI is InChI=1S/C12H14BrCl/c13-12-7-6-10(14)8-11(12)9-4-2-1-3-5-9/h6-9H,1-5H2. The van der Waals surface area contributed by atoms with E-state index in [-0.39, 0.29) is 0 Å². The molecule has 76 valence electrons. The number of hydrogen-bond acceptors (Lipinski definition) is 0. The summed E-state index contributed by atoms with van der Waals surface area (Å²) in [7, 11) is 0. The first-order chi connectivity index (χ1) is 6.77. The Morgan fingerprint density at radius 3 is 2.57 bits per heavy atom. The van der Waals surface area contributed by atoms with Gasteiger partial charge in [-0.05, 0) is 42.5 Å². The van der Waals surface area contributed by atoms with Crippen LogP contribution < -0.4 is 0 Å². The van der Waals surface area contributed by atoms with Crippen LogP contribution in [0.2, 0.25) is 5.02 Å². The van der Waals surface area contributed by atoms with Crippen molar-refractivity contribution in [1.29, 1.82) is 0 Å². The highest BCUT2D eigenvalue weighted by atomic mass is 79.9. The fourth-order valence-electron chi connectivity index (χ4n) is 2.24. The van der Waals surface area contributed by atoms with E-state index in [4.69, 9.17) is 11.6 Å². The molecule has 0 aromatic heterocycles. The van der Waals surface area contributed by atoms with E-state index in [2.05, 4.69) is 28.1 Å². The molecule has 0 amide bonds. The number of halogens is 2. The highest BCUT2D eigenvalue weighted by molar-refractivity contribution is 9.10. The van der Waals surface area contributed by atoms with Gasteiger partial charge in [0.05, 0.1) is 0 Å². The molecular formula is C12H14BrCl. The maximum Gasteiger partial charge on any atom is 0.0409 e. The van der Waals surface area contributed by atoms with Crippen molar-refractivity contribution in [2.24, 2.45) is 0 Å². The van der Waals surface area contributed by atoms with E-state index < -0.39 is 0 Å². The van der Waals surface area contributed by atoms with Gasteiger partial charge >= 0.3 is 0 Å². The van der Waals surface area contributed by atoms with Gasteiger partial charge in [0.1, 0.15) is 0 Å². The minimum absolute atomic E-state index is 0.719. The fourth-order valence-corrected chi connectivity index (χ4v) is 2.99. The number of benzene rings is 1. The van der Waals surface area contributed by atoms with Gasteiger partial charge in [-0.1, -0.05) is 46.8 Å². The van der Waals surface area contributed by atoms with E-state index in [9.17, 15) is 0 Å². The Morgan fingerprint density at radius 2 is 1.86 bits per heavy atom. The fraction of sp³-hybridized carbons (Fsp3) is 0.500. The molecule has 2 heteroatoms. The van der Waals surface area contributed by atoms with Crippen molar-refractivity contribution in [1.82, 2.24) is 0 Å². The lowest BCUT2D eigenvalue weighted by molar-refractivity contribution is 0.442. The van der Waals surface area contributed by atoms with Crippen LogP contribution in [0.15, 0.2) is 22.7 Å². The molecule has 1 saturated carbocycles. The summed E-state index contributed by atoms with van der Waals surface area (Å²) in [5.74, 6) is 0.719. The lowest BCUT2D eigenvalue weighted by Crippen LogP contribution is -2.05. The molecule has 1 aromatic rings. The highest BCUT2D eigenvalue weighted by Crippen LogP contribution is 2.37. The molecule has 0 bridgehead atoms. The normalized spacial score (nSPS) is 18.4. The largest absolute Gasteiger partial charge is 0.0843 e. The topological polar surface area (TPSA) is 0 Å². The van der Waals surface area contributed by atoms with Gasteiger partial charge in [0.25, 0.3) is 0 Å². The third-order valence-corrected chi connectivity index (χ3v) is 3.96. The van der Waals surface area contributed by atoms with Crippen LogP contribution in [0.1, 0.15) is 43.6 Å². The predicted molar refractivity (Wildman–Crippen MR) is 65.0 cm³/mol. The molecular weight excluding hydrogens is 259 g/mol. The lowest BCUT2D eigenvalue weighted by atomic mass is 9.84. The van der Waals surface area contributed by atoms with Crippen molar-refractivity contribution in [2.45, 2.75) is 38.0 Å². The third kappa shape index (κ3) is 2.32. The van der Waals surface area contributed by atoms with Crippen molar-refractivity contribution >= 4 is 27.5 Å². The zero-order valence-electron chi connectivity index (χ0n) is 8.10. The Kier molecular flexibility index (Phi) is 3.51. The molecule has 1 fully saturated rings. The lowest BCUT2D eigenvalue weighted by Gasteiger charge is -2.23. The molecule has 2 rings (SSSR count). The maximum atomic E-state index is 6.02. The molecule has 0 spiro atoms. The molecule has 0 saturated heterocycles. The Balaban J connectivity index is 2.24. The molecule has 0 nitrogen and oxygen atoms in total. The minimum Gasteiger partial charge on any atom is -0.0843 e. The monoisotopic (exact) mass is 272 g/mol. The van der Waals surface area contributed by atoms with Gasteiger partial charge in [-0.15, -0.1) is 0 Å². The Morgan fingerprint density at radius 1 is 1.14 bits per heavy atom. The average molecular weight is 274 g/mol.